The van der Waals surface area contributed by atoms with Gasteiger partial charge >= 0.3 is 0 Å². The molecule has 2 aromatic rings. The summed E-state index contributed by atoms with van der Waals surface area (Å²) in [6.07, 6.45) is 0. The third-order valence-electron chi connectivity index (χ3n) is 3.28. The molecule has 4 heteroatoms. The van der Waals surface area contributed by atoms with Gasteiger partial charge in [-0.3, -0.25) is 0 Å². The van der Waals surface area contributed by atoms with E-state index in [0.29, 0.717) is 10.8 Å². The predicted molar refractivity (Wildman–Crippen MR) is 81.6 cm³/mol. The molecule has 106 valence electrons. The van der Waals surface area contributed by atoms with Crippen LogP contribution in [0.25, 0.3) is 0 Å². The van der Waals surface area contributed by atoms with Gasteiger partial charge in [-0.25, -0.2) is 4.39 Å². The first-order valence-corrected chi connectivity index (χ1v) is 6.99. The molecule has 0 spiro atoms. The highest BCUT2D eigenvalue weighted by molar-refractivity contribution is 6.30. The molecule has 0 saturated heterocycles. The molecular weight excluding hydrogens is 298 g/mol. The lowest BCUT2D eigenvalue weighted by Crippen LogP contribution is -2.02. The first-order valence-electron chi connectivity index (χ1n) is 6.18. The molecule has 0 N–H and O–H groups in total. The zero-order valence-electron chi connectivity index (χ0n) is 11.5. The molecular formula is C16H15Cl2FO. The Balaban J connectivity index is 2.54. The summed E-state index contributed by atoms with van der Waals surface area (Å²) in [7, 11) is 1.57. The minimum Gasteiger partial charge on any atom is -0.496 e. The number of rotatable bonds is 3. The van der Waals surface area contributed by atoms with E-state index in [0.717, 1.165) is 22.3 Å². The van der Waals surface area contributed by atoms with Crippen LogP contribution in [0.5, 0.6) is 5.75 Å². The van der Waals surface area contributed by atoms with Crippen LogP contribution in [0.1, 0.15) is 27.6 Å². The summed E-state index contributed by atoms with van der Waals surface area (Å²) in [6.45, 7) is 3.70. The molecule has 20 heavy (non-hydrogen) atoms. The van der Waals surface area contributed by atoms with Gasteiger partial charge in [0.2, 0.25) is 0 Å². The average molecular weight is 313 g/mol. The van der Waals surface area contributed by atoms with Gasteiger partial charge in [-0.05, 0) is 54.8 Å². The highest BCUT2D eigenvalue weighted by Gasteiger charge is 2.20. The Hall–Kier alpha value is -1.25. The summed E-state index contributed by atoms with van der Waals surface area (Å²) in [4.78, 5) is 0. The Morgan fingerprint density at radius 3 is 2.25 bits per heavy atom. The number of aryl methyl sites for hydroxylation is 2. The second-order valence-corrected chi connectivity index (χ2v) is 5.57. The van der Waals surface area contributed by atoms with Gasteiger partial charge in [0.25, 0.3) is 0 Å². The van der Waals surface area contributed by atoms with E-state index in [1.165, 1.54) is 12.1 Å². The topological polar surface area (TPSA) is 9.23 Å². The molecule has 0 fully saturated rings. The first-order chi connectivity index (χ1) is 9.43. The van der Waals surface area contributed by atoms with Gasteiger partial charge in [-0.1, -0.05) is 17.7 Å². The molecule has 0 radical (unpaired) electrons. The fraction of sp³-hybridized carbons (Fsp3) is 0.250. The average Bonchev–Trinajstić information content (AvgIpc) is 2.37. The maximum atomic E-state index is 13.4. The van der Waals surface area contributed by atoms with Crippen molar-refractivity contribution in [1.82, 2.24) is 0 Å². The summed E-state index contributed by atoms with van der Waals surface area (Å²) in [5, 5.41) is 0.171. The van der Waals surface area contributed by atoms with Crippen molar-refractivity contribution in [2.24, 2.45) is 0 Å². The Labute approximate surface area is 128 Å². The number of halogens is 3. The van der Waals surface area contributed by atoms with Crippen molar-refractivity contribution in [3.8, 4) is 5.75 Å². The summed E-state index contributed by atoms with van der Waals surface area (Å²) in [6, 6.07) is 8.30. The number of alkyl halides is 1. The van der Waals surface area contributed by atoms with Crippen LogP contribution in [0.2, 0.25) is 5.02 Å². The maximum absolute atomic E-state index is 13.4. The quantitative estimate of drug-likeness (QED) is 0.686. The van der Waals surface area contributed by atoms with Gasteiger partial charge in [0.05, 0.1) is 12.5 Å². The van der Waals surface area contributed by atoms with Crippen molar-refractivity contribution in [1.29, 1.82) is 0 Å². The lowest BCUT2D eigenvalue weighted by atomic mass is 9.95. The van der Waals surface area contributed by atoms with Gasteiger partial charge < -0.3 is 4.74 Å². The van der Waals surface area contributed by atoms with Crippen molar-refractivity contribution < 1.29 is 9.13 Å². The van der Waals surface area contributed by atoms with E-state index < -0.39 is 5.38 Å². The van der Waals surface area contributed by atoms with Crippen LogP contribution in [0.4, 0.5) is 4.39 Å². The number of hydrogen-bond acceptors (Lipinski definition) is 1. The van der Waals surface area contributed by atoms with Crippen LogP contribution in [0, 0.1) is 19.7 Å². The fourth-order valence-electron chi connectivity index (χ4n) is 2.37. The Morgan fingerprint density at radius 1 is 1.10 bits per heavy atom. The van der Waals surface area contributed by atoms with Crippen LogP contribution < -0.4 is 4.74 Å². The van der Waals surface area contributed by atoms with Gasteiger partial charge in [0.1, 0.15) is 11.6 Å². The molecule has 2 aromatic carbocycles. The van der Waals surface area contributed by atoms with E-state index in [2.05, 4.69) is 0 Å². The molecule has 0 aliphatic heterocycles. The predicted octanol–water partition coefficient (Wildman–Crippen LogP) is 5.43. The van der Waals surface area contributed by atoms with E-state index in [1.54, 1.807) is 19.2 Å². The minimum absolute atomic E-state index is 0.254. The Kier molecular flexibility index (Phi) is 4.56. The molecule has 0 aliphatic rings. The molecule has 1 nitrogen and oxygen atoms in total. The van der Waals surface area contributed by atoms with Gasteiger partial charge in [0, 0.05) is 10.6 Å². The lowest BCUT2D eigenvalue weighted by Gasteiger charge is -2.19. The molecule has 2 rings (SSSR count). The summed E-state index contributed by atoms with van der Waals surface area (Å²) in [5.41, 5.74) is 3.35. The first kappa shape index (κ1) is 15.1. The Morgan fingerprint density at radius 2 is 1.70 bits per heavy atom. The summed E-state index contributed by atoms with van der Waals surface area (Å²) < 4.78 is 18.7. The zero-order chi connectivity index (χ0) is 14.9. The van der Waals surface area contributed by atoms with E-state index in [4.69, 9.17) is 27.9 Å². The second-order valence-electron chi connectivity index (χ2n) is 4.70. The number of hydrogen-bond donors (Lipinski definition) is 0. The molecule has 0 amide bonds. The highest BCUT2D eigenvalue weighted by Crippen LogP contribution is 2.39. The third-order valence-corrected chi connectivity index (χ3v) is 3.97. The van der Waals surface area contributed by atoms with Crippen LogP contribution in [0.3, 0.4) is 0 Å². The van der Waals surface area contributed by atoms with Crippen LogP contribution >= 0.6 is 23.2 Å². The van der Waals surface area contributed by atoms with Gasteiger partial charge in [0.15, 0.2) is 0 Å². The van der Waals surface area contributed by atoms with Gasteiger partial charge in [-0.15, -0.1) is 11.6 Å². The maximum Gasteiger partial charge on any atom is 0.125 e. The Bertz CT molecular complexity index is 617. The van der Waals surface area contributed by atoms with E-state index in [1.807, 2.05) is 19.9 Å². The summed E-state index contributed by atoms with van der Waals surface area (Å²) >= 11 is 12.5. The third kappa shape index (κ3) is 2.92. The molecule has 0 saturated carbocycles. The fourth-order valence-corrected chi connectivity index (χ4v) is 3.06. The monoisotopic (exact) mass is 312 g/mol. The van der Waals surface area contributed by atoms with E-state index >= 15 is 0 Å². The van der Waals surface area contributed by atoms with Crippen molar-refractivity contribution in [3.05, 3.63) is 63.4 Å². The van der Waals surface area contributed by atoms with Crippen LogP contribution in [0.15, 0.2) is 30.3 Å². The second kappa shape index (κ2) is 6.02. The largest absolute Gasteiger partial charge is 0.496 e. The number of benzene rings is 2. The number of methoxy groups -OCH3 is 1. The van der Waals surface area contributed by atoms with Crippen molar-refractivity contribution in [3.63, 3.8) is 0 Å². The van der Waals surface area contributed by atoms with Crippen molar-refractivity contribution >= 4 is 23.2 Å². The lowest BCUT2D eigenvalue weighted by molar-refractivity contribution is 0.410. The molecule has 1 atom stereocenters. The molecule has 0 aromatic heterocycles. The van der Waals surface area contributed by atoms with E-state index in [-0.39, 0.29) is 5.82 Å². The van der Waals surface area contributed by atoms with Crippen molar-refractivity contribution in [2.45, 2.75) is 19.2 Å². The van der Waals surface area contributed by atoms with Crippen LogP contribution in [-0.4, -0.2) is 7.11 Å². The molecule has 0 bridgehead atoms. The number of ether oxygens (including phenoxy) is 1. The standard InChI is InChI=1S/C16H15Cl2FO/c1-9-6-12(19)7-10(2)15(9)16(18)13-5-4-11(17)8-14(13)20-3/h4-8,16H,1-3H3. The zero-order valence-corrected chi connectivity index (χ0v) is 13.0. The molecule has 0 heterocycles. The molecule has 0 aliphatic carbocycles. The smallest absolute Gasteiger partial charge is 0.125 e. The van der Waals surface area contributed by atoms with E-state index in [9.17, 15) is 4.39 Å². The van der Waals surface area contributed by atoms with Gasteiger partial charge in [-0.2, -0.15) is 0 Å². The van der Waals surface area contributed by atoms with Crippen LogP contribution in [-0.2, 0) is 0 Å². The molecule has 1 unspecified atom stereocenters. The SMILES string of the molecule is COc1cc(Cl)ccc1C(Cl)c1c(C)cc(F)cc1C. The normalized spacial score (nSPS) is 12.3. The minimum atomic E-state index is -0.414. The summed E-state index contributed by atoms with van der Waals surface area (Å²) in [5.74, 6) is 0.372. The highest BCUT2D eigenvalue weighted by atomic mass is 35.5. The van der Waals surface area contributed by atoms with Crippen molar-refractivity contribution in [2.75, 3.05) is 7.11 Å².